The predicted molar refractivity (Wildman–Crippen MR) is 83.6 cm³/mol. The molecule has 21 heavy (non-hydrogen) atoms. The molecule has 0 fully saturated rings. The number of aromatic hydroxyl groups is 1. The molecule has 118 valence electrons. The van der Waals surface area contributed by atoms with Crippen molar-refractivity contribution in [2.24, 2.45) is 5.92 Å². The third kappa shape index (κ3) is 5.27. The van der Waals surface area contributed by atoms with Crippen LogP contribution in [-0.2, 0) is 4.79 Å². The van der Waals surface area contributed by atoms with Crippen LogP contribution in [0.25, 0.3) is 0 Å². The van der Waals surface area contributed by atoms with Gasteiger partial charge in [-0.15, -0.1) is 0 Å². The zero-order valence-corrected chi connectivity index (χ0v) is 13.5. The average Bonchev–Trinajstić information content (AvgIpc) is 2.44. The first-order valence-corrected chi connectivity index (χ1v) is 7.19. The number of carbonyl (C=O) groups is 1. The van der Waals surface area contributed by atoms with Crippen LogP contribution in [0.2, 0.25) is 0 Å². The number of rotatable bonds is 7. The summed E-state index contributed by atoms with van der Waals surface area (Å²) in [7, 11) is 3.42. The number of methoxy groups -OCH3 is 1. The molecule has 0 aromatic heterocycles. The van der Waals surface area contributed by atoms with E-state index in [1.807, 2.05) is 24.9 Å². The zero-order valence-electron chi connectivity index (χ0n) is 13.5. The van der Waals surface area contributed by atoms with Crippen LogP contribution in [0.3, 0.4) is 0 Å². The maximum Gasteiger partial charge on any atom is 0.234 e. The largest absolute Gasteiger partial charge is 0.504 e. The van der Waals surface area contributed by atoms with E-state index in [0.29, 0.717) is 24.8 Å². The number of phenolic OH excluding ortho intramolecular Hbond substituents is 1. The second-order valence-corrected chi connectivity index (χ2v) is 5.72. The second-order valence-electron chi connectivity index (χ2n) is 5.72. The summed E-state index contributed by atoms with van der Waals surface area (Å²) in [6.45, 7) is 7.16. The van der Waals surface area contributed by atoms with Gasteiger partial charge in [-0.1, -0.05) is 19.9 Å². The molecular weight excluding hydrogens is 268 g/mol. The molecule has 5 heteroatoms. The van der Waals surface area contributed by atoms with Crippen molar-refractivity contribution < 1.29 is 14.6 Å². The second kappa shape index (κ2) is 7.88. The van der Waals surface area contributed by atoms with Gasteiger partial charge in [0.2, 0.25) is 5.91 Å². The molecule has 1 rings (SSSR count). The Morgan fingerprint density at radius 1 is 1.38 bits per heavy atom. The van der Waals surface area contributed by atoms with Crippen molar-refractivity contribution in [1.29, 1.82) is 0 Å². The number of hydrogen-bond acceptors (Lipinski definition) is 4. The highest BCUT2D eigenvalue weighted by molar-refractivity contribution is 5.78. The summed E-state index contributed by atoms with van der Waals surface area (Å²) in [5.74, 6) is 1.02. The summed E-state index contributed by atoms with van der Waals surface area (Å²) in [5.41, 5.74) is 0.990. The highest BCUT2D eigenvalue weighted by Crippen LogP contribution is 2.30. The van der Waals surface area contributed by atoms with Gasteiger partial charge in [0, 0.05) is 12.6 Å². The molecule has 0 saturated heterocycles. The molecular formula is C16H26N2O3. The van der Waals surface area contributed by atoms with Crippen molar-refractivity contribution >= 4 is 5.91 Å². The first kappa shape index (κ1) is 17.3. The van der Waals surface area contributed by atoms with Gasteiger partial charge in [-0.25, -0.2) is 0 Å². The van der Waals surface area contributed by atoms with Crippen LogP contribution in [0.4, 0.5) is 0 Å². The average molecular weight is 294 g/mol. The van der Waals surface area contributed by atoms with Crippen LogP contribution in [0, 0.1) is 5.92 Å². The fourth-order valence-corrected chi connectivity index (χ4v) is 1.95. The molecule has 1 aromatic rings. The summed E-state index contributed by atoms with van der Waals surface area (Å²) in [6.07, 6.45) is 0. The Hall–Kier alpha value is -1.75. The van der Waals surface area contributed by atoms with Crippen LogP contribution < -0.4 is 10.1 Å². The molecule has 0 heterocycles. The van der Waals surface area contributed by atoms with Crippen molar-refractivity contribution in [1.82, 2.24) is 10.2 Å². The molecule has 0 saturated carbocycles. The van der Waals surface area contributed by atoms with Crippen LogP contribution in [0.5, 0.6) is 11.5 Å². The number of nitrogens with one attached hydrogen (secondary N) is 1. The van der Waals surface area contributed by atoms with E-state index in [4.69, 9.17) is 4.74 Å². The molecule has 1 atom stereocenters. The van der Waals surface area contributed by atoms with Gasteiger partial charge in [-0.05, 0) is 37.6 Å². The van der Waals surface area contributed by atoms with Crippen LogP contribution in [0.15, 0.2) is 18.2 Å². The maximum absolute atomic E-state index is 11.9. The van der Waals surface area contributed by atoms with Gasteiger partial charge in [0.25, 0.3) is 0 Å². The lowest BCUT2D eigenvalue weighted by molar-refractivity contribution is -0.122. The lowest BCUT2D eigenvalue weighted by Gasteiger charge is -2.25. The van der Waals surface area contributed by atoms with E-state index < -0.39 is 0 Å². The summed E-state index contributed by atoms with van der Waals surface area (Å²) < 4.78 is 5.11. The van der Waals surface area contributed by atoms with E-state index in [9.17, 15) is 9.90 Å². The van der Waals surface area contributed by atoms with Gasteiger partial charge in [0.15, 0.2) is 11.5 Å². The number of ether oxygens (including phenoxy) is 1. The quantitative estimate of drug-likeness (QED) is 0.809. The molecule has 0 aliphatic carbocycles. The SMILES string of the molecule is COc1cc(C(C)N(C)CC(=O)NCC(C)C)ccc1O. The van der Waals surface area contributed by atoms with Crippen LogP contribution in [0.1, 0.15) is 32.4 Å². The van der Waals surface area contributed by atoms with E-state index in [0.717, 1.165) is 5.56 Å². The molecule has 1 amide bonds. The first-order chi connectivity index (χ1) is 9.85. The minimum Gasteiger partial charge on any atom is -0.504 e. The van der Waals surface area contributed by atoms with Crippen molar-refractivity contribution in [3.05, 3.63) is 23.8 Å². The van der Waals surface area contributed by atoms with Crippen molar-refractivity contribution in [2.75, 3.05) is 27.2 Å². The Labute approximate surface area is 126 Å². The summed E-state index contributed by atoms with van der Waals surface area (Å²) in [6, 6.07) is 5.29. The summed E-state index contributed by atoms with van der Waals surface area (Å²) in [5, 5.41) is 12.5. The number of hydrogen-bond donors (Lipinski definition) is 2. The predicted octanol–water partition coefficient (Wildman–Crippen LogP) is 2.17. The first-order valence-electron chi connectivity index (χ1n) is 7.19. The third-order valence-corrected chi connectivity index (χ3v) is 3.45. The Morgan fingerprint density at radius 2 is 2.05 bits per heavy atom. The molecule has 1 aromatic carbocycles. The van der Waals surface area contributed by atoms with E-state index >= 15 is 0 Å². The molecule has 2 N–H and O–H groups in total. The molecule has 5 nitrogen and oxygen atoms in total. The highest BCUT2D eigenvalue weighted by atomic mass is 16.5. The van der Waals surface area contributed by atoms with E-state index in [1.54, 1.807) is 12.1 Å². The van der Waals surface area contributed by atoms with E-state index in [2.05, 4.69) is 19.2 Å². The number of nitrogens with zero attached hydrogens (tertiary/aromatic N) is 1. The Bertz CT molecular complexity index is 475. The summed E-state index contributed by atoms with van der Waals surface area (Å²) in [4.78, 5) is 13.8. The fourth-order valence-electron chi connectivity index (χ4n) is 1.95. The molecule has 1 unspecified atom stereocenters. The Kier molecular flexibility index (Phi) is 6.49. The van der Waals surface area contributed by atoms with Gasteiger partial charge in [-0.2, -0.15) is 0 Å². The number of amides is 1. The van der Waals surface area contributed by atoms with E-state index in [1.165, 1.54) is 7.11 Å². The molecule has 0 aliphatic heterocycles. The number of likely N-dealkylation sites (N-methyl/N-ethyl adjacent to an activating group) is 1. The molecule has 0 aliphatic rings. The van der Waals surface area contributed by atoms with Crippen molar-refractivity contribution in [2.45, 2.75) is 26.8 Å². The summed E-state index contributed by atoms with van der Waals surface area (Å²) >= 11 is 0. The lowest BCUT2D eigenvalue weighted by Crippen LogP contribution is -2.37. The molecule has 0 radical (unpaired) electrons. The van der Waals surface area contributed by atoms with Crippen molar-refractivity contribution in [3.63, 3.8) is 0 Å². The highest BCUT2D eigenvalue weighted by Gasteiger charge is 2.16. The normalized spacial score (nSPS) is 12.5. The third-order valence-electron chi connectivity index (χ3n) is 3.45. The Morgan fingerprint density at radius 3 is 2.62 bits per heavy atom. The molecule has 0 spiro atoms. The van der Waals surface area contributed by atoms with E-state index in [-0.39, 0.29) is 17.7 Å². The van der Waals surface area contributed by atoms with Gasteiger partial charge in [0.05, 0.1) is 13.7 Å². The maximum atomic E-state index is 11.9. The fraction of sp³-hybridized carbons (Fsp3) is 0.562. The number of benzene rings is 1. The minimum atomic E-state index is 0.0174. The lowest BCUT2D eigenvalue weighted by atomic mass is 10.1. The topological polar surface area (TPSA) is 61.8 Å². The van der Waals surface area contributed by atoms with Crippen LogP contribution in [-0.4, -0.2) is 43.2 Å². The van der Waals surface area contributed by atoms with Gasteiger partial charge in [0.1, 0.15) is 0 Å². The number of carbonyl (C=O) groups excluding carboxylic acids is 1. The van der Waals surface area contributed by atoms with Gasteiger partial charge in [-0.3, -0.25) is 9.69 Å². The van der Waals surface area contributed by atoms with Crippen LogP contribution >= 0.6 is 0 Å². The van der Waals surface area contributed by atoms with Gasteiger partial charge >= 0.3 is 0 Å². The zero-order chi connectivity index (χ0) is 16.0. The smallest absolute Gasteiger partial charge is 0.234 e. The van der Waals surface area contributed by atoms with Gasteiger partial charge < -0.3 is 15.2 Å². The Balaban J connectivity index is 2.65. The monoisotopic (exact) mass is 294 g/mol. The minimum absolute atomic E-state index is 0.0174. The standard InChI is InChI=1S/C16H26N2O3/c1-11(2)9-17-16(20)10-18(4)12(3)13-6-7-14(19)15(8-13)21-5/h6-8,11-12,19H,9-10H2,1-5H3,(H,17,20). The molecule has 0 bridgehead atoms. The van der Waals surface area contributed by atoms with Crippen molar-refractivity contribution in [3.8, 4) is 11.5 Å². The number of phenols is 1.